The van der Waals surface area contributed by atoms with E-state index >= 15 is 0 Å². The molecule has 0 aliphatic carbocycles. The van der Waals surface area contributed by atoms with Gasteiger partial charge in [-0.2, -0.15) is 4.57 Å². The van der Waals surface area contributed by atoms with Crippen LogP contribution in [0.5, 0.6) is 5.75 Å². The molecular formula is C18H17N2O2+. The van der Waals surface area contributed by atoms with E-state index in [2.05, 4.69) is 4.98 Å². The number of rotatable bonds is 3. The van der Waals surface area contributed by atoms with Crippen molar-refractivity contribution in [3.63, 3.8) is 0 Å². The van der Waals surface area contributed by atoms with Crippen LogP contribution in [-0.2, 0) is 0 Å². The molecule has 0 spiro atoms. The van der Waals surface area contributed by atoms with Crippen LogP contribution >= 0.6 is 0 Å². The topological polar surface area (TPSA) is 46.0 Å². The summed E-state index contributed by atoms with van der Waals surface area (Å²) in [5.74, 6) is 0.791. The molecule has 0 fully saturated rings. The molecule has 0 bridgehead atoms. The molecule has 110 valence electrons. The van der Waals surface area contributed by atoms with Gasteiger partial charge in [0, 0.05) is 17.8 Å². The number of aromatic amines is 1. The molecule has 0 aliphatic rings. The Hall–Kier alpha value is -2.88. The van der Waals surface area contributed by atoms with Crippen LogP contribution in [-0.4, -0.2) is 12.1 Å². The van der Waals surface area contributed by atoms with Crippen LogP contribution in [0.2, 0.25) is 0 Å². The van der Waals surface area contributed by atoms with E-state index in [0.717, 1.165) is 22.6 Å². The lowest BCUT2D eigenvalue weighted by molar-refractivity contribution is -0.596. The molecule has 1 N–H and O–H groups in total. The van der Waals surface area contributed by atoms with Crippen molar-refractivity contribution >= 4 is 0 Å². The van der Waals surface area contributed by atoms with Gasteiger partial charge in [-0.05, 0) is 30.7 Å². The van der Waals surface area contributed by atoms with Crippen LogP contribution < -0.4 is 14.9 Å². The first kappa shape index (κ1) is 14.1. The molecule has 0 unspecified atom stereocenters. The first-order valence-electron chi connectivity index (χ1n) is 7.04. The summed E-state index contributed by atoms with van der Waals surface area (Å²) in [7, 11) is 1.64. The second kappa shape index (κ2) is 5.85. The number of pyridine rings is 2. The number of nitrogens with one attached hydrogen (secondary N) is 1. The first-order valence-corrected chi connectivity index (χ1v) is 7.04. The Morgan fingerprint density at radius 1 is 1.05 bits per heavy atom. The summed E-state index contributed by atoms with van der Waals surface area (Å²) in [6.45, 7) is 1.88. The molecule has 22 heavy (non-hydrogen) atoms. The van der Waals surface area contributed by atoms with Gasteiger partial charge in [-0.15, -0.1) is 0 Å². The Balaban J connectivity index is 2.24. The summed E-state index contributed by atoms with van der Waals surface area (Å²) in [5.41, 5.74) is 3.19. The van der Waals surface area contributed by atoms with E-state index in [4.69, 9.17) is 4.74 Å². The smallest absolute Gasteiger partial charge is 0.321 e. The van der Waals surface area contributed by atoms with Crippen LogP contribution in [0.1, 0.15) is 5.69 Å². The molecule has 0 saturated heterocycles. The number of aryl methyl sites for hydroxylation is 1. The zero-order valence-electron chi connectivity index (χ0n) is 12.5. The lowest BCUT2D eigenvalue weighted by Crippen LogP contribution is -2.37. The van der Waals surface area contributed by atoms with Gasteiger partial charge in [-0.1, -0.05) is 18.2 Å². The third-order valence-corrected chi connectivity index (χ3v) is 3.52. The number of aromatic nitrogens is 2. The summed E-state index contributed by atoms with van der Waals surface area (Å²) < 4.78 is 7.03. The molecule has 2 heterocycles. The number of H-pyrrole nitrogens is 1. The van der Waals surface area contributed by atoms with Crippen molar-refractivity contribution in [1.82, 2.24) is 4.98 Å². The maximum absolute atomic E-state index is 12.5. The SMILES string of the molecule is COc1ccc(-c2cc(C)[nH]c(=O)c2-[n+]2ccccc2)cc1. The number of benzene rings is 1. The number of nitrogens with zero attached hydrogens (tertiary/aromatic N) is 1. The van der Waals surface area contributed by atoms with E-state index < -0.39 is 0 Å². The first-order chi connectivity index (χ1) is 10.7. The fourth-order valence-corrected chi connectivity index (χ4v) is 2.48. The average molecular weight is 293 g/mol. The van der Waals surface area contributed by atoms with Gasteiger partial charge in [-0.3, -0.25) is 4.79 Å². The van der Waals surface area contributed by atoms with E-state index in [1.54, 1.807) is 7.11 Å². The largest absolute Gasteiger partial charge is 0.497 e. The van der Waals surface area contributed by atoms with Crippen LogP contribution in [0.3, 0.4) is 0 Å². The predicted molar refractivity (Wildman–Crippen MR) is 85.3 cm³/mol. The van der Waals surface area contributed by atoms with Gasteiger partial charge in [0.2, 0.25) is 0 Å². The van der Waals surface area contributed by atoms with Gasteiger partial charge < -0.3 is 9.72 Å². The second-order valence-electron chi connectivity index (χ2n) is 5.06. The molecule has 3 aromatic rings. The van der Waals surface area contributed by atoms with Crippen molar-refractivity contribution in [2.75, 3.05) is 7.11 Å². The van der Waals surface area contributed by atoms with E-state index in [9.17, 15) is 4.79 Å². The Morgan fingerprint density at radius 3 is 2.36 bits per heavy atom. The number of hydrogen-bond donors (Lipinski definition) is 1. The molecule has 0 amide bonds. The average Bonchev–Trinajstić information content (AvgIpc) is 2.55. The lowest BCUT2D eigenvalue weighted by Gasteiger charge is -2.07. The van der Waals surface area contributed by atoms with Gasteiger partial charge in [0.15, 0.2) is 12.4 Å². The Morgan fingerprint density at radius 2 is 1.73 bits per heavy atom. The second-order valence-corrected chi connectivity index (χ2v) is 5.06. The quantitative estimate of drug-likeness (QED) is 0.755. The molecule has 4 nitrogen and oxygen atoms in total. The van der Waals surface area contributed by atoms with E-state index in [-0.39, 0.29) is 5.56 Å². The molecular weight excluding hydrogens is 276 g/mol. The number of hydrogen-bond acceptors (Lipinski definition) is 2. The summed E-state index contributed by atoms with van der Waals surface area (Å²) in [6.07, 6.45) is 3.74. The molecule has 0 radical (unpaired) electrons. The van der Waals surface area contributed by atoms with Gasteiger partial charge in [0.05, 0.1) is 12.7 Å². The Labute approximate surface area is 128 Å². The van der Waals surface area contributed by atoms with Crippen LogP contribution in [0, 0.1) is 6.92 Å². The van der Waals surface area contributed by atoms with Gasteiger partial charge in [0.1, 0.15) is 5.75 Å². The molecule has 2 aromatic heterocycles. The Bertz CT molecular complexity index is 837. The highest BCUT2D eigenvalue weighted by molar-refractivity contribution is 5.70. The minimum absolute atomic E-state index is 0.109. The minimum atomic E-state index is -0.109. The van der Waals surface area contributed by atoms with Gasteiger partial charge in [0.25, 0.3) is 5.69 Å². The van der Waals surface area contributed by atoms with Crippen molar-refractivity contribution < 1.29 is 9.30 Å². The summed E-state index contributed by atoms with van der Waals surface area (Å²) in [4.78, 5) is 15.3. The van der Waals surface area contributed by atoms with Crippen molar-refractivity contribution in [2.45, 2.75) is 6.92 Å². The molecule has 3 rings (SSSR count). The monoisotopic (exact) mass is 293 g/mol. The van der Waals surface area contributed by atoms with E-state index in [1.165, 1.54) is 0 Å². The van der Waals surface area contributed by atoms with E-state index in [0.29, 0.717) is 5.69 Å². The zero-order chi connectivity index (χ0) is 15.5. The number of methoxy groups -OCH3 is 1. The molecule has 0 aliphatic heterocycles. The fourth-order valence-electron chi connectivity index (χ4n) is 2.48. The maximum Gasteiger partial charge on any atom is 0.321 e. The van der Waals surface area contributed by atoms with Crippen LogP contribution in [0.25, 0.3) is 16.8 Å². The summed E-state index contributed by atoms with van der Waals surface area (Å²) in [6, 6.07) is 15.4. The standard InChI is InChI=1S/C18H16N2O2/c1-13-12-16(14-6-8-15(22-2)9-7-14)17(18(21)19-13)20-10-4-3-5-11-20/h3-12H,1-2H3/p+1. The molecule has 1 aromatic carbocycles. The van der Waals surface area contributed by atoms with Gasteiger partial charge in [-0.25, -0.2) is 0 Å². The normalized spacial score (nSPS) is 10.5. The highest BCUT2D eigenvalue weighted by Crippen LogP contribution is 2.24. The summed E-state index contributed by atoms with van der Waals surface area (Å²) in [5, 5.41) is 0. The van der Waals surface area contributed by atoms with E-state index in [1.807, 2.05) is 72.4 Å². The van der Waals surface area contributed by atoms with Crippen LogP contribution in [0.4, 0.5) is 0 Å². The molecule has 4 heteroatoms. The zero-order valence-corrected chi connectivity index (χ0v) is 12.5. The van der Waals surface area contributed by atoms with Crippen molar-refractivity contribution in [3.05, 3.63) is 77.0 Å². The molecule has 0 atom stereocenters. The predicted octanol–water partition coefficient (Wildman–Crippen LogP) is 2.64. The molecule has 0 saturated carbocycles. The van der Waals surface area contributed by atoms with Crippen molar-refractivity contribution in [3.8, 4) is 22.6 Å². The minimum Gasteiger partial charge on any atom is -0.497 e. The third-order valence-electron chi connectivity index (χ3n) is 3.52. The highest BCUT2D eigenvalue weighted by atomic mass is 16.5. The van der Waals surface area contributed by atoms with Crippen molar-refractivity contribution in [2.24, 2.45) is 0 Å². The maximum atomic E-state index is 12.5. The van der Waals surface area contributed by atoms with Crippen LogP contribution in [0.15, 0.2) is 65.7 Å². The third kappa shape index (κ3) is 2.63. The van der Waals surface area contributed by atoms with Gasteiger partial charge >= 0.3 is 5.56 Å². The lowest BCUT2D eigenvalue weighted by atomic mass is 10.0. The number of ether oxygens (including phenoxy) is 1. The highest BCUT2D eigenvalue weighted by Gasteiger charge is 2.19. The van der Waals surface area contributed by atoms with Crippen molar-refractivity contribution in [1.29, 1.82) is 0 Å². The fraction of sp³-hybridized carbons (Fsp3) is 0.111. The summed E-state index contributed by atoms with van der Waals surface area (Å²) >= 11 is 0. The Kier molecular flexibility index (Phi) is 3.74.